The van der Waals surface area contributed by atoms with Gasteiger partial charge in [-0.25, -0.2) is 4.79 Å². The van der Waals surface area contributed by atoms with Crippen molar-refractivity contribution < 1.29 is 54.5 Å². The maximum absolute atomic E-state index is 11.7. The van der Waals surface area contributed by atoms with Crippen LogP contribution < -0.4 is 0 Å². The molecule has 1 saturated heterocycles. The standard InChI is InChI=1S/C12H18O11/c1-4-7(16)8(17)9(18)10(22-4)23-6(15)3-12(21,11(19)20)2-5(13)14/h4,7-10,16-18,21H,2-3H2,1H3,(H,13,14)(H,19,20)/t4-,7-,8+,9+,10?,12?/m0/s1. The molecular weight excluding hydrogens is 320 g/mol. The van der Waals surface area contributed by atoms with Gasteiger partial charge in [-0.1, -0.05) is 0 Å². The molecule has 0 radical (unpaired) electrons. The molecule has 0 bridgehead atoms. The van der Waals surface area contributed by atoms with E-state index in [1.165, 1.54) is 6.92 Å². The van der Waals surface area contributed by atoms with Crippen molar-refractivity contribution in [2.45, 2.75) is 56.1 Å². The van der Waals surface area contributed by atoms with Crippen molar-refractivity contribution in [3.05, 3.63) is 0 Å². The molecule has 6 N–H and O–H groups in total. The maximum atomic E-state index is 11.7. The Morgan fingerprint density at radius 3 is 2.09 bits per heavy atom. The van der Waals surface area contributed by atoms with Crippen molar-refractivity contribution in [3.63, 3.8) is 0 Å². The van der Waals surface area contributed by atoms with Crippen molar-refractivity contribution in [2.24, 2.45) is 0 Å². The van der Waals surface area contributed by atoms with E-state index in [0.717, 1.165) is 0 Å². The summed E-state index contributed by atoms with van der Waals surface area (Å²) in [4.78, 5) is 33.2. The molecule has 0 amide bonds. The Labute approximate surface area is 129 Å². The first-order valence-corrected chi connectivity index (χ1v) is 6.54. The fraction of sp³-hybridized carbons (Fsp3) is 0.750. The van der Waals surface area contributed by atoms with Crippen LogP contribution in [0.25, 0.3) is 0 Å². The lowest BCUT2D eigenvalue weighted by atomic mass is 9.95. The first-order chi connectivity index (χ1) is 10.5. The molecule has 2 unspecified atom stereocenters. The molecule has 132 valence electrons. The summed E-state index contributed by atoms with van der Waals surface area (Å²) in [6.45, 7) is 1.33. The number of aliphatic hydroxyl groups excluding tert-OH is 3. The van der Waals surface area contributed by atoms with Crippen LogP contribution in [0.5, 0.6) is 0 Å². The number of ether oxygens (including phenoxy) is 2. The number of esters is 1. The van der Waals surface area contributed by atoms with Crippen LogP contribution in [0.15, 0.2) is 0 Å². The fourth-order valence-corrected chi connectivity index (χ4v) is 1.98. The second-order valence-corrected chi connectivity index (χ2v) is 5.26. The fourth-order valence-electron chi connectivity index (χ4n) is 1.98. The van der Waals surface area contributed by atoms with Crippen molar-refractivity contribution >= 4 is 17.9 Å². The van der Waals surface area contributed by atoms with Crippen LogP contribution in [0.1, 0.15) is 19.8 Å². The van der Waals surface area contributed by atoms with Gasteiger partial charge in [-0.05, 0) is 6.92 Å². The molecule has 1 aliphatic rings. The highest BCUT2D eigenvalue weighted by Crippen LogP contribution is 2.24. The Balaban J connectivity index is 2.75. The number of carboxylic acids is 2. The van der Waals surface area contributed by atoms with E-state index < -0.39 is 67.1 Å². The summed E-state index contributed by atoms with van der Waals surface area (Å²) in [5.74, 6) is -4.95. The highest BCUT2D eigenvalue weighted by atomic mass is 16.7. The Morgan fingerprint density at radius 2 is 1.61 bits per heavy atom. The van der Waals surface area contributed by atoms with E-state index in [-0.39, 0.29) is 0 Å². The number of aliphatic hydroxyl groups is 4. The number of hydrogen-bond acceptors (Lipinski definition) is 9. The molecule has 11 nitrogen and oxygen atoms in total. The van der Waals surface area contributed by atoms with Gasteiger partial charge in [-0.3, -0.25) is 9.59 Å². The van der Waals surface area contributed by atoms with E-state index in [1.54, 1.807) is 0 Å². The molecular formula is C12H18O11. The van der Waals surface area contributed by atoms with E-state index in [4.69, 9.17) is 14.9 Å². The second kappa shape index (κ2) is 7.19. The number of hydrogen-bond donors (Lipinski definition) is 6. The Bertz CT molecular complexity index is 478. The molecule has 0 saturated carbocycles. The smallest absolute Gasteiger partial charge is 0.336 e. The average Bonchev–Trinajstić information content (AvgIpc) is 2.41. The van der Waals surface area contributed by atoms with Crippen LogP contribution in [0.2, 0.25) is 0 Å². The second-order valence-electron chi connectivity index (χ2n) is 5.26. The van der Waals surface area contributed by atoms with Crippen LogP contribution in [0, 0.1) is 0 Å². The zero-order valence-corrected chi connectivity index (χ0v) is 12.0. The van der Waals surface area contributed by atoms with Crippen LogP contribution in [0.3, 0.4) is 0 Å². The van der Waals surface area contributed by atoms with Gasteiger partial charge >= 0.3 is 17.9 Å². The predicted octanol–water partition coefficient (Wildman–Crippen LogP) is -2.96. The number of aliphatic carboxylic acids is 2. The lowest BCUT2D eigenvalue weighted by molar-refractivity contribution is -0.285. The molecule has 0 aliphatic carbocycles. The van der Waals surface area contributed by atoms with E-state index in [2.05, 4.69) is 4.74 Å². The van der Waals surface area contributed by atoms with Gasteiger partial charge in [0.1, 0.15) is 18.3 Å². The molecule has 23 heavy (non-hydrogen) atoms. The summed E-state index contributed by atoms with van der Waals surface area (Å²) in [5.41, 5.74) is -2.90. The zero-order valence-electron chi connectivity index (χ0n) is 12.0. The highest BCUT2D eigenvalue weighted by Gasteiger charge is 2.46. The third-order valence-corrected chi connectivity index (χ3v) is 3.33. The molecule has 1 heterocycles. The highest BCUT2D eigenvalue weighted by molar-refractivity contribution is 5.88. The topological polar surface area (TPSA) is 191 Å². The molecule has 0 aromatic carbocycles. The summed E-state index contributed by atoms with van der Waals surface area (Å²) in [7, 11) is 0. The van der Waals surface area contributed by atoms with E-state index in [0.29, 0.717) is 0 Å². The molecule has 0 aromatic heterocycles. The number of carboxylic acid groups (broad SMARTS) is 2. The van der Waals surface area contributed by atoms with E-state index in [9.17, 15) is 34.8 Å². The van der Waals surface area contributed by atoms with Crippen LogP contribution in [-0.4, -0.2) is 84.9 Å². The monoisotopic (exact) mass is 338 g/mol. The molecule has 0 aromatic rings. The quantitative estimate of drug-likeness (QED) is 0.271. The molecule has 6 atom stereocenters. The summed E-state index contributed by atoms with van der Waals surface area (Å²) < 4.78 is 9.58. The first kappa shape index (κ1) is 19.3. The normalized spacial score (nSPS) is 33.5. The third kappa shape index (κ3) is 4.59. The Hall–Kier alpha value is -1.79. The zero-order chi connectivity index (χ0) is 17.9. The number of carbonyl (C=O) groups is 3. The first-order valence-electron chi connectivity index (χ1n) is 6.54. The van der Waals surface area contributed by atoms with Crippen LogP contribution in [-0.2, 0) is 23.9 Å². The van der Waals surface area contributed by atoms with Crippen LogP contribution in [0.4, 0.5) is 0 Å². The van der Waals surface area contributed by atoms with Gasteiger partial charge in [0.25, 0.3) is 0 Å². The minimum atomic E-state index is -2.90. The summed E-state index contributed by atoms with van der Waals surface area (Å²) in [6.07, 6.45) is -10.1. The van der Waals surface area contributed by atoms with Gasteiger partial charge in [0.15, 0.2) is 5.60 Å². The molecule has 1 aliphatic heterocycles. The Kier molecular flexibility index (Phi) is 6.02. The molecule has 1 rings (SSSR count). The molecule has 0 spiro atoms. The lowest BCUT2D eigenvalue weighted by Crippen LogP contribution is -2.58. The van der Waals surface area contributed by atoms with Gasteiger partial charge in [-0.2, -0.15) is 0 Å². The van der Waals surface area contributed by atoms with Gasteiger partial charge in [-0.15, -0.1) is 0 Å². The largest absolute Gasteiger partial charge is 0.481 e. The summed E-state index contributed by atoms with van der Waals surface area (Å²) in [5, 5.41) is 55.8. The van der Waals surface area contributed by atoms with Gasteiger partial charge in [0, 0.05) is 0 Å². The molecule has 11 heteroatoms. The SMILES string of the molecule is C[C@@H]1OC(OC(=O)CC(O)(CC(=O)O)C(=O)O)[C@H](O)[C@H](O)[C@H]1O. The van der Waals surface area contributed by atoms with Crippen molar-refractivity contribution in [1.82, 2.24) is 0 Å². The van der Waals surface area contributed by atoms with Gasteiger partial charge < -0.3 is 40.1 Å². The maximum Gasteiger partial charge on any atom is 0.336 e. The van der Waals surface area contributed by atoms with Gasteiger partial charge in [0.05, 0.1) is 18.9 Å². The van der Waals surface area contributed by atoms with Crippen LogP contribution >= 0.6 is 0 Å². The lowest BCUT2D eigenvalue weighted by Gasteiger charge is -2.38. The summed E-state index contributed by atoms with van der Waals surface area (Å²) >= 11 is 0. The van der Waals surface area contributed by atoms with E-state index in [1.807, 2.05) is 0 Å². The number of carbonyl (C=O) groups excluding carboxylic acids is 1. The minimum Gasteiger partial charge on any atom is -0.481 e. The molecule has 1 fully saturated rings. The third-order valence-electron chi connectivity index (χ3n) is 3.33. The van der Waals surface area contributed by atoms with Crippen molar-refractivity contribution in [2.75, 3.05) is 0 Å². The average molecular weight is 338 g/mol. The summed E-state index contributed by atoms with van der Waals surface area (Å²) in [6, 6.07) is 0. The van der Waals surface area contributed by atoms with Crippen molar-refractivity contribution in [3.8, 4) is 0 Å². The van der Waals surface area contributed by atoms with Crippen molar-refractivity contribution in [1.29, 1.82) is 0 Å². The Morgan fingerprint density at radius 1 is 1.04 bits per heavy atom. The minimum absolute atomic E-state index is 0.997. The van der Waals surface area contributed by atoms with E-state index >= 15 is 0 Å². The number of rotatable bonds is 6. The predicted molar refractivity (Wildman–Crippen MR) is 67.9 cm³/mol. The van der Waals surface area contributed by atoms with Gasteiger partial charge in [0.2, 0.25) is 6.29 Å².